The molecule has 0 bridgehead atoms. The normalized spacial score (nSPS) is 11.5. The van der Waals surface area contributed by atoms with Gasteiger partial charge in [0.15, 0.2) is 11.7 Å². The lowest BCUT2D eigenvalue weighted by molar-refractivity contribution is -0.158. The maximum absolute atomic E-state index is 13.6. The average Bonchev–Trinajstić information content (AvgIpc) is 3.04. The minimum absolute atomic E-state index is 0.0230. The summed E-state index contributed by atoms with van der Waals surface area (Å²) < 4.78 is 23.1. The van der Waals surface area contributed by atoms with Crippen LogP contribution in [0.2, 0.25) is 0 Å². The fraction of sp³-hybridized carbons (Fsp3) is 0.171. The van der Waals surface area contributed by atoms with Crippen LogP contribution in [0.3, 0.4) is 0 Å². The first-order valence-corrected chi connectivity index (χ1v) is 13.8. The van der Waals surface area contributed by atoms with E-state index < -0.39 is 23.3 Å². The number of esters is 2. The number of hydrogen-bond acceptors (Lipinski definition) is 7. The Morgan fingerprint density at radius 2 is 1.36 bits per heavy atom. The summed E-state index contributed by atoms with van der Waals surface area (Å²) in [6, 6.07) is 32.6. The minimum atomic E-state index is -1.20. The van der Waals surface area contributed by atoms with Crippen LogP contribution in [0.5, 0.6) is 11.5 Å². The largest absolute Gasteiger partial charge is 0.489 e. The summed E-state index contributed by atoms with van der Waals surface area (Å²) in [5, 5.41) is 0.255. The Bertz CT molecular complexity index is 1710. The molecule has 0 aliphatic carbocycles. The Morgan fingerprint density at radius 1 is 0.738 bits per heavy atom. The van der Waals surface area contributed by atoms with Crippen LogP contribution in [-0.4, -0.2) is 11.9 Å². The molecule has 1 heterocycles. The van der Waals surface area contributed by atoms with E-state index in [1.165, 1.54) is 0 Å². The van der Waals surface area contributed by atoms with Crippen LogP contribution in [-0.2, 0) is 27.5 Å². The highest BCUT2D eigenvalue weighted by Crippen LogP contribution is 2.33. The quantitative estimate of drug-likeness (QED) is 0.125. The van der Waals surface area contributed by atoms with E-state index in [1.807, 2.05) is 67.6 Å². The van der Waals surface area contributed by atoms with E-state index in [9.17, 15) is 14.4 Å². The molecule has 0 saturated carbocycles. The van der Waals surface area contributed by atoms with Crippen molar-refractivity contribution in [3.05, 3.63) is 131 Å². The zero-order valence-corrected chi connectivity index (χ0v) is 23.2. The highest BCUT2D eigenvalue weighted by Gasteiger charge is 2.32. The SMILES string of the molecule is CCCC(C(=O)OCc1ccccc1)C(=O)Oc1c(-c2ccc(OCc3ccccc3)cc2)oc2ccccc2c1=O. The molecule has 7 nitrogen and oxygen atoms in total. The molecule has 42 heavy (non-hydrogen) atoms. The van der Waals surface area contributed by atoms with Crippen LogP contribution in [0.15, 0.2) is 118 Å². The first kappa shape index (κ1) is 28.4. The van der Waals surface area contributed by atoms with Crippen molar-refractivity contribution in [1.82, 2.24) is 0 Å². The molecular weight excluding hydrogens is 532 g/mol. The number of para-hydroxylation sites is 1. The molecule has 0 radical (unpaired) electrons. The maximum atomic E-state index is 13.6. The zero-order valence-electron chi connectivity index (χ0n) is 23.2. The summed E-state index contributed by atoms with van der Waals surface area (Å²) in [5.41, 5.74) is 2.15. The van der Waals surface area contributed by atoms with Crippen molar-refractivity contribution < 1.29 is 28.2 Å². The second kappa shape index (κ2) is 13.5. The van der Waals surface area contributed by atoms with Crippen LogP contribution in [0.1, 0.15) is 30.9 Å². The molecule has 0 spiro atoms. The molecule has 0 N–H and O–H groups in total. The van der Waals surface area contributed by atoms with Crippen molar-refractivity contribution in [2.45, 2.75) is 33.0 Å². The average molecular weight is 563 g/mol. The number of benzene rings is 4. The smallest absolute Gasteiger partial charge is 0.325 e. The molecular formula is C35H30O7. The molecule has 1 aromatic heterocycles. The summed E-state index contributed by atoms with van der Waals surface area (Å²) in [4.78, 5) is 39.9. The van der Waals surface area contributed by atoms with Crippen LogP contribution in [0.4, 0.5) is 0 Å². The summed E-state index contributed by atoms with van der Waals surface area (Å²) in [7, 11) is 0. The molecule has 0 saturated heterocycles. The maximum Gasteiger partial charge on any atom is 0.325 e. The van der Waals surface area contributed by atoms with Crippen molar-refractivity contribution in [3.8, 4) is 22.8 Å². The number of ether oxygens (including phenoxy) is 3. The Morgan fingerprint density at radius 3 is 2.02 bits per heavy atom. The molecule has 0 aliphatic rings. The van der Waals surface area contributed by atoms with Crippen molar-refractivity contribution in [2.75, 3.05) is 0 Å². The van der Waals surface area contributed by atoms with Gasteiger partial charge in [-0.25, -0.2) is 0 Å². The molecule has 1 atom stereocenters. The van der Waals surface area contributed by atoms with Gasteiger partial charge in [-0.3, -0.25) is 14.4 Å². The first-order valence-electron chi connectivity index (χ1n) is 13.8. The molecule has 0 amide bonds. The standard InChI is InChI=1S/C35H30O7/c1-2-11-29(34(37)40-23-25-14-7-4-8-15-25)35(38)42-33-31(36)28-16-9-10-17-30(28)41-32(33)26-18-20-27(21-19-26)39-22-24-12-5-3-6-13-24/h3-10,12-21,29H,2,11,22-23H2,1H3. The number of fused-ring (bicyclic) bond motifs is 1. The van der Waals surface area contributed by atoms with E-state index in [4.69, 9.17) is 18.6 Å². The fourth-order valence-corrected chi connectivity index (χ4v) is 4.47. The molecule has 4 aromatic carbocycles. The van der Waals surface area contributed by atoms with E-state index in [2.05, 4.69) is 0 Å². The van der Waals surface area contributed by atoms with Gasteiger partial charge in [-0.05, 0) is 53.9 Å². The van der Waals surface area contributed by atoms with Gasteiger partial charge in [-0.2, -0.15) is 0 Å². The lowest BCUT2D eigenvalue weighted by Crippen LogP contribution is -2.31. The van der Waals surface area contributed by atoms with Crippen LogP contribution < -0.4 is 14.9 Å². The number of rotatable bonds is 11. The van der Waals surface area contributed by atoms with Crippen LogP contribution >= 0.6 is 0 Å². The first-order chi connectivity index (χ1) is 20.5. The summed E-state index contributed by atoms with van der Waals surface area (Å²) in [5.74, 6) is -2.37. The predicted molar refractivity (Wildman–Crippen MR) is 159 cm³/mol. The monoisotopic (exact) mass is 562 g/mol. The van der Waals surface area contributed by atoms with Gasteiger partial charge < -0.3 is 18.6 Å². The molecule has 5 aromatic rings. The highest BCUT2D eigenvalue weighted by molar-refractivity contribution is 5.96. The van der Waals surface area contributed by atoms with Gasteiger partial charge in [0.2, 0.25) is 11.2 Å². The Kier molecular flexibility index (Phi) is 9.09. The molecule has 7 heteroatoms. The molecule has 212 valence electrons. The summed E-state index contributed by atoms with van der Waals surface area (Å²) in [6.45, 7) is 2.27. The van der Waals surface area contributed by atoms with Gasteiger partial charge in [0.25, 0.3) is 0 Å². The topological polar surface area (TPSA) is 92.0 Å². The second-order valence-corrected chi connectivity index (χ2v) is 9.74. The van der Waals surface area contributed by atoms with E-state index in [-0.39, 0.29) is 29.9 Å². The van der Waals surface area contributed by atoms with Crippen molar-refractivity contribution >= 4 is 22.9 Å². The lowest BCUT2D eigenvalue weighted by atomic mass is 10.0. The van der Waals surface area contributed by atoms with E-state index in [0.717, 1.165) is 11.1 Å². The number of carbonyl (C=O) groups is 2. The van der Waals surface area contributed by atoms with Crippen molar-refractivity contribution in [3.63, 3.8) is 0 Å². The molecule has 5 rings (SSSR count). The predicted octanol–water partition coefficient (Wildman–Crippen LogP) is 7.10. The van der Waals surface area contributed by atoms with Crippen LogP contribution in [0.25, 0.3) is 22.3 Å². The van der Waals surface area contributed by atoms with Gasteiger partial charge in [-0.1, -0.05) is 86.1 Å². The second-order valence-electron chi connectivity index (χ2n) is 9.74. The zero-order chi connectivity index (χ0) is 29.3. The minimum Gasteiger partial charge on any atom is -0.489 e. The van der Waals surface area contributed by atoms with Crippen molar-refractivity contribution in [1.29, 1.82) is 0 Å². The third-order valence-corrected chi connectivity index (χ3v) is 6.69. The number of hydrogen-bond donors (Lipinski definition) is 0. The Hall–Kier alpha value is -5.17. The molecule has 0 aliphatic heterocycles. The Labute approximate surface area is 243 Å². The number of carbonyl (C=O) groups excluding carboxylic acids is 2. The van der Waals surface area contributed by atoms with Crippen molar-refractivity contribution in [2.24, 2.45) is 5.92 Å². The van der Waals surface area contributed by atoms with Gasteiger partial charge in [0.05, 0.1) is 5.39 Å². The third-order valence-electron chi connectivity index (χ3n) is 6.69. The summed E-state index contributed by atoms with van der Waals surface area (Å²) in [6.07, 6.45) is 0.734. The van der Waals surface area contributed by atoms with Gasteiger partial charge in [0.1, 0.15) is 24.5 Å². The lowest BCUT2D eigenvalue weighted by Gasteiger charge is -2.16. The Balaban J connectivity index is 1.41. The molecule has 0 fully saturated rings. The molecule has 1 unspecified atom stereocenters. The fourth-order valence-electron chi connectivity index (χ4n) is 4.47. The highest BCUT2D eigenvalue weighted by atomic mass is 16.6. The van der Waals surface area contributed by atoms with Gasteiger partial charge in [-0.15, -0.1) is 0 Å². The van der Waals surface area contributed by atoms with Crippen LogP contribution in [0, 0.1) is 5.92 Å². The van der Waals surface area contributed by atoms with E-state index >= 15 is 0 Å². The van der Waals surface area contributed by atoms with E-state index in [1.54, 1.807) is 48.5 Å². The van der Waals surface area contributed by atoms with E-state index in [0.29, 0.717) is 29.9 Å². The van der Waals surface area contributed by atoms with Gasteiger partial charge >= 0.3 is 11.9 Å². The summed E-state index contributed by atoms with van der Waals surface area (Å²) >= 11 is 0. The third kappa shape index (κ3) is 6.75. The van der Waals surface area contributed by atoms with Gasteiger partial charge in [0, 0.05) is 5.56 Å².